The van der Waals surface area contributed by atoms with Gasteiger partial charge in [0.15, 0.2) is 11.5 Å². The molecule has 0 spiro atoms. The predicted molar refractivity (Wildman–Crippen MR) is 70.1 cm³/mol. The zero-order valence-corrected chi connectivity index (χ0v) is 10.8. The van der Waals surface area contributed by atoms with Gasteiger partial charge in [-0.15, -0.1) is 11.3 Å². The van der Waals surface area contributed by atoms with Gasteiger partial charge < -0.3 is 21.1 Å². The molecule has 17 heavy (non-hydrogen) atoms. The Morgan fingerprint density at radius 2 is 2.29 bits per heavy atom. The lowest BCUT2D eigenvalue weighted by atomic mass is 10.3. The van der Waals surface area contributed by atoms with E-state index in [9.17, 15) is 4.79 Å². The number of ketones is 1. The third kappa shape index (κ3) is 2.10. The van der Waals surface area contributed by atoms with Crippen LogP contribution in [-0.2, 0) is 0 Å². The van der Waals surface area contributed by atoms with Crippen LogP contribution in [0.4, 0.5) is 10.7 Å². The van der Waals surface area contributed by atoms with E-state index in [1.165, 1.54) is 18.3 Å². The molecule has 0 saturated carbocycles. The summed E-state index contributed by atoms with van der Waals surface area (Å²) in [4.78, 5) is 14.2. The van der Waals surface area contributed by atoms with E-state index in [2.05, 4.69) is 4.90 Å². The fourth-order valence-electron chi connectivity index (χ4n) is 2.06. The molecule has 0 amide bonds. The lowest BCUT2D eigenvalue weighted by molar-refractivity contribution is 0.102. The second kappa shape index (κ2) is 4.54. The van der Waals surface area contributed by atoms with Gasteiger partial charge in [0.05, 0.1) is 17.7 Å². The third-order valence-corrected chi connectivity index (χ3v) is 4.27. The van der Waals surface area contributed by atoms with Crippen LogP contribution in [0.3, 0.4) is 0 Å². The maximum absolute atomic E-state index is 11.5. The number of rotatable bonds is 3. The molecule has 1 aliphatic heterocycles. The van der Waals surface area contributed by atoms with Gasteiger partial charge in [-0.1, -0.05) is 0 Å². The van der Waals surface area contributed by atoms with Crippen molar-refractivity contribution in [3.8, 4) is 5.75 Å². The number of hydrogen-bond donors (Lipinski definition) is 2. The number of nitrogens with zero attached hydrogens (tertiary/aromatic N) is 1. The minimum Gasteiger partial charge on any atom is -0.492 e. The van der Waals surface area contributed by atoms with E-state index in [0.717, 1.165) is 24.5 Å². The van der Waals surface area contributed by atoms with Crippen molar-refractivity contribution in [3.63, 3.8) is 0 Å². The lowest BCUT2D eigenvalue weighted by Crippen LogP contribution is -2.25. The smallest absolute Gasteiger partial charge is 0.177 e. The highest BCUT2D eigenvalue weighted by Gasteiger charge is 2.27. The first kappa shape index (κ1) is 12.2. The quantitative estimate of drug-likeness (QED) is 0.790. The molecule has 0 aliphatic carbocycles. The SMILES string of the molecule is COc1c(N2CCC(N)C2)sc(C(C)=O)c1N. The van der Waals surface area contributed by atoms with E-state index >= 15 is 0 Å². The summed E-state index contributed by atoms with van der Waals surface area (Å²) < 4.78 is 5.31. The van der Waals surface area contributed by atoms with Crippen molar-refractivity contribution >= 4 is 27.8 Å². The summed E-state index contributed by atoms with van der Waals surface area (Å²) in [6, 6.07) is 0.184. The van der Waals surface area contributed by atoms with Crippen LogP contribution in [0.2, 0.25) is 0 Å². The first-order chi connectivity index (χ1) is 8.04. The summed E-state index contributed by atoms with van der Waals surface area (Å²) in [5.74, 6) is 0.579. The molecule has 1 aromatic rings. The Morgan fingerprint density at radius 3 is 2.76 bits per heavy atom. The number of carbonyl (C=O) groups is 1. The molecule has 1 aromatic heterocycles. The fourth-order valence-corrected chi connectivity index (χ4v) is 3.18. The number of thiophene rings is 1. The zero-order chi connectivity index (χ0) is 12.6. The highest BCUT2D eigenvalue weighted by molar-refractivity contribution is 7.19. The molecule has 0 bridgehead atoms. The third-order valence-electron chi connectivity index (χ3n) is 2.92. The van der Waals surface area contributed by atoms with Gasteiger partial charge >= 0.3 is 0 Å². The van der Waals surface area contributed by atoms with E-state index < -0.39 is 0 Å². The highest BCUT2D eigenvalue weighted by Crippen LogP contribution is 2.45. The molecule has 94 valence electrons. The maximum Gasteiger partial charge on any atom is 0.177 e. The van der Waals surface area contributed by atoms with E-state index in [1.54, 1.807) is 7.11 Å². The van der Waals surface area contributed by atoms with Crippen LogP contribution in [0.1, 0.15) is 23.0 Å². The van der Waals surface area contributed by atoms with E-state index in [0.29, 0.717) is 16.3 Å². The number of methoxy groups -OCH3 is 1. The van der Waals surface area contributed by atoms with Gasteiger partial charge in [0, 0.05) is 26.1 Å². The molecule has 1 aliphatic rings. The second-order valence-electron chi connectivity index (χ2n) is 4.23. The van der Waals surface area contributed by atoms with Crippen molar-refractivity contribution in [2.45, 2.75) is 19.4 Å². The van der Waals surface area contributed by atoms with Crippen molar-refractivity contribution < 1.29 is 9.53 Å². The Labute approximate surface area is 104 Å². The molecule has 2 rings (SSSR count). The van der Waals surface area contributed by atoms with Crippen LogP contribution >= 0.6 is 11.3 Å². The topological polar surface area (TPSA) is 81.6 Å². The van der Waals surface area contributed by atoms with Crippen LogP contribution < -0.4 is 21.1 Å². The van der Waals surface area contributed by atoms with Crippen LogP contribution in [0.15, 0.2) is 0 Å². The number of nitrogens with two attached hydrogens (primary N) is 2. The second-order valence-corrected chi connectivity index (χ2v) is 5.23. The highest BCUT2D eigenvalue weighted by atomic mass is 32.1. The normalized spacial score (nSPS) is 19.7. The Balaban J connectivity index is 2.39. The molecule has 0 radical (unpaired) electrons. The summed E-state index contributed by atoms with van der Waals surface area (Å²) in [6.07, 6.45) is 0.955. The van der Waals surface area contributed by atoms with Gasteiger partial charge in [0.1, 0.15) is 5.00 Å². The number of anilines is 2. The van der Waals surface area contributed by atoms with E-state index in [-0.39, 0.29) is 11.8 Å². The Bertz CT molecular complexity index is 444. The first-order valence-electron chi connectivity index (χ1n) is 5.52. The van der Waals surface area contributed by atoms with E-state index in [4.69, 9.17) is 16.2 Å². The minimum absolute atomic E-state index is 0.0273. The van der Waals surface area contributed by atoms with Crippen molar-refractivity contribution in [1.82, 2.24) is 0 Å². The zero-order valence-electron chi connectivity index (χ0n) is 10.0. The number of Topliss-reactive ketones (excluding diaryl/α,β-unsaturated/α-hetero) is 1. The summed E-state index contributed by atoms with van der Waals surface area (Å²) in [5.41, 5.74) is 12.3. The van der Waals surface area contributed by atoms with Gasteiger partial charge in [0.2, 0.25) is 0 Å². The minimum atomic E-state index is -0.0273. The average molecular weight is 255 g/mol. The van der Waals surface area contributed by atoms with Crippen LogP contribution in [0.25, 0.3) is 0 Å². The van der Waals surface area contributed by atoms with Gasteiger partial charge in [-0.25, -0.2) is 0 Å². The van der Waals surface area contributed by atoms with Crippen molar-refractivity contribution in [1.29, 1.82) is 0 Å². The number of carbonyl (C=O) groups excluding carboxylic acids is 1. The first-order valence-corrected chi connectivity index (χ1v) is 6.34. The number of nitrogen functional groups attached to an aromatic ring is 1. The van der Waals surface area contributed by atoms with Crippen molar-refractivity contribution in [3.05, 3.63) is 4.88 Å². The molecular weight excluding hydrogens is 238 g/mol. The number of hydrogen-bond acceptors (Lipinski definition) is 6. The molecule has 2 heterocycles. The summed E-state index contributed by atoms with van der Waals surface area (Å²) >= 11 is 1.39. The predicted octanol–water partition coefficient (Wildman–Crippen LogP) is 1.08. The largest absolute Gasteiger partial charge is 0.492 e. The standard InChI is InChI=1S/C11H17N3O2S/c1-6(15)10-8(13)9(16-2)11(17-10)14-4-3-7(12)5-14/h7H,3-5,12-13H2,1-2H3. The fraction of sp³-hybridized carbons (Fsp3) is 0.545. The van der Waals surface area contributed by atoms with Gasteiger partial charge in [-0.3, -0.25) is 4.79 Å². The van der Waals surface area contributed by atoms with Crippen LogP contribution in [-0.4, -0.2) is 32.0 Å². The Kier molecular flexibility index (Phi) is 3.26. The molecule has 1 unspecified atom stereocenters. The van der Waals surface area contributed by atoms with Crippen molar-refractivity contribution in [2.75, 3.05) is 30.8 Å². The molecule has 4 N–H and O–H groups in total. The monoisotopic (exact) mass is 255 g/mol. The number of ether oxygens (including phenoxy) is 1. The molecule has 5 nitrogen and oxygen atoms in total. The van der Waals surface area contributed by atoms with Crippen LogP contribution in [0.5, 0.6) is 5.75 Å². The molecule has 1 saturated heterocycles. The maximum atomic E-state index is 11.5. The lowest BCUT2D eigenvalue weighted by Gasteiger charge is -2.17. The van der Waals surface area contributed by atoms with Crippen molar-refractivity contribution in [2.24, 2.45) is 5.73 Å². The summed E-state index contributed by atoms with van der Waals surface area (Å²) in [5, 5.41) is 0.920. The summed E-state index contributed by atoms with van der Waals surface area (Å²) in [6.45, 7) is 3.18. The van der Waals surface area contributed by atoms with Gasteiger partial charge in [-0.05, 0) is 6.42 Å². The molecule has 1 atom stereocenters. The van der Waals surface area contributed by atoms with Crippen LogP contribution in [0, 0.1) is 0 Å². The molecule has 1 fully saturated rings. The Morgan fingerprint density at radius 1 is 1.59 bits per heavy atom. The Hall–Kier alpha value is -1.27. The summed E-state index contributed by atoms with van der Waals surface area (Å²) in [7, 11) is 1.57. The molecule has 0 aromatic carbocycles. The molecular formula is C11H17N3O2S. The van der Waals surface area contributed by atoms with E-state index in [1.807, 2.05) is 0 Å². The van der Waals surface area contributed by atoms with Gasteiger partial charge in [0.25, 0.3) is 0 Å². The molecule has 6 heteroatoms. The van der Waals surface area contributed by atoms with Gasteiger partial charge in [-0.2, -0.15) is 0 Å². The average Bonchev–Trinajstić information content (AvgIpc) is 2.82.